The van der Waals surface area contributed by atoms with Gasteiger partial charge in [0.05, 0.1) is 7.11 Å². The average molecular weight is 518 g/mol. The Labute approximate surface area is 189 Å². The normalized spacial score (nSPS) is 10.1. The third kappa shape index (κ3) is 6.12. The maximum atomic E-state index is 10.5. The molecular weight excluding hydrogens is 495 g/mol. The van der Waals surface area contributed by atoms with Crippen LogP contribution >= 0.6 is 0 Å². The van der Waals surface area contributed by atoms with Crippen molar-refractivity contribution in [3.8, 4) is 11.5 Å². The Morgan fingerprint density at radius 1 is 0.710 bits per heavy atom. The molecule has 5 heteroatoms. The molecule has 0 fully saturated rings. The molecule has 0 aliphatic rings. The fourth-order valence-corrected chi connectivity index (χ4v) is 10.5. The van der Waals surface area contributed by atoms with Gasteiger partial charge in [0.2, 0.25) is 0 Å². The van der Waals surface area contributed by atoms with Crippen molar-refractivity contribution >= 4 is 36.5 Å². The van der Waals surface area contributed by atoms with Crippen LogP contribution in [0.2, 0.25) is 0 Å². The number of carbonyl (C=O) groups is 1. The number of rotatable bonds is 5. The minimum absolute atomic E-state index is 0.158. The maximum absolute atomic E-state index is 10.5. The predicted molar refractivity (Wildman–Crippen MR) is 126 cm³/mol. The molecule has 4 rings (SSSR count). The second kappa shape index (κ2) is 11.2. The molecule has 0 aromatic heterocycles. The molecule has 0 aliphatic heterocycles. The summed E-state index contributed by atoms with van der Waals surface area (Å²) >= 11 is -1.98. The third-order valence-electron chi connectivity index (χ3n) is 4.62. The molecule has 155 valence electrons. The quantitative estimate of drug-likeness (QED) is 0.399. The second-order valence-electron chi connectivity index (χ2n) is 6.66. The van der Waals surface area contributed by atoms with Crippen LogP contribution in [0, 0.1) is 0 Å². The van der Waals surface area contributed by atoms with E-state index >= 15 is 0 Å². The van der Waals surface area contributed by atoms with Gasteiger partial charge < -0.3 is 14.9 Å². The molecule has 31 heavy (non-hydrogen) atoms. The predicted octanol–water partition coefficient (Wildman–Crippen LogP) is 3.30. The first-order chi connectivity index (χ1) is 15.1. The Balaban J connectivity index is 0.000000196. The van der Waals surface area contributed by atoms with Crippen LogP contribution in [0.1, 0.15) is 10.4 Å². The Bertz CT molecular complexity index is 1010. The number of carboxylic acids is 1. The molecule has 0 unspecified atom stereocenters. The van der Waals surface area contributed by atoms with E-state index in [1.54, 1.807) is 0 Å². The van der Waals surface area contributed by atoms with Gasteiger partial charge in [-0.2, -0.15) is 0 Å². The van der Waals surface area contributed by atoms with Gasteiger partial charge in [0, 0.05) is 0 Å². The van der Waals surface area contributed by atoms with Crippen LogP contribution in [0.15, 0.2) is 109 Å². The van der Waals surface area contributed by atoms with Crippen LogP contribution in [0.4, 0.5) is 0 Å². The summed E-state index contributed by atoms with van der Waals surface area (Å²) in [5, 5.41) is 17.6. The first-order valence-corrected chi connectivity index (χ1v) is 14.0. The zero-order valence-corrected chi connectivity index (χ0v) is 20.0. The summed E-state index contributed by atoms with van der Waals surface area (Å²) < 4.78 is 9.38. The average Bonchev–Trinajstić information content (AvgIpc) is 2.82. The Morgan fingerprint density at radius 2 is 1.13 bits per heavy atom. The van der Waals surface area contributed by atoms with Crippen molar-refractivity contribution in [3.05, 3.63) is 115 Å². The van der Waals surface area contributed by atoms with Crippen molar-refractivity contribution in [2.45, 2.75) is 0 Å². The monoisotopic (exact) mass is 519 g/mol. The van der Waals surface area contributed by atoms with Gasteiger partial charge in [-0.15, -0.1) is 0 Å². The SMILES string of the molecule is COc1ccc(O)c(C(=O)O)c1.c1cc[c]([Sn]([c]2ccccc2)[c]2ccccc2)cc1. The van der Waals surface area contributed by atoms with Gasteiger partial charge in [-0.3, -0.25) is 0 Å². The topological polar surface area (TPSA) is 66.8 Å². The molecule has 0 saturated carbocycles. The summed E-state index contributed by atoms with van der Waals surface area (Å²) in [4.78, 5) is 10.5. The van der Waals surface area contributed by atoms with Gasteiger partial charge in [0.1, 0.15) is 17.1 Å². The zero-order valence-electron chi connectivity index (χ0n) is 17.1. The second-order valence-corrected chi connectivity index (χ2v) is 13.7. The van der Waals surface area contributed by atoms with Crippen molar-refractivity contribution in [2.75, 3.05) is 7.11 Å². The molecule has 0 saturated heterocycles. The van der Waals surface area contributed by atoms with Gasteiger partial charge in [0.15, 0.2) is 0 Å². The molecule has 4 aromatic rings. The summed E-state index contributed by atoms with van der Waals surface area (Å²) in [6.45, 7) is 0. The molecule has 0 heterocycles. The number of aromatic hydroxyl groups is 1. The molecule has 1 radical (unpaired) electrons. The number of methoxy groups -OCH3 is 1. The van der Waals surface area contributed by atoms with Crippen molar-refractivity contribution < 1.29 is 19.7 Å². The third-order valence-corrected chi connectivity index (χ3v) is 12.4. The number of hydrogen-bond donors (Lipinski definition) is 2. The van der Waals surface area contributed by atoms with E-state index in [-0.39, 0.29) is 11.3 Å². The Hall–Kier alpha value is -3.25. The Morgan fingerprint density at radius 3 is 1.48 bits per heavy atom. The van der Waals surface area contributed by atoms with Crippen molar-refractivity contribution in [3.63, 3.8) is 0 Å². The number of hydrogen-bond acceptors (Lipinski definition) is 3. The molecule has 4 nitrogen and oxygen atoms in total. The molecule has 4 aromatic carbocycles. The number of phenols is 1. The van der Waals surface area contributed by atoms with Crippen LogP contribution in [0.25, 0.3) is 0 Å². The summed E-state index contributed by atoms with van der Waals surface area (Å²) in [6.07, 6.45) is 0. The zero-order chi connectivity index (χ0) is 22.1. The van der Waals surface area contributed by atoms with Gasteiger partial charge in [-0.25, -0.2) is 4.79 Å². The van der Waals surface area contributed by atoms with E-state index in [4.69, 9.17) is 14.9 Å². The van der Waals surface area contributed by atoms with Crippen LogP contribution in [0.3, 0.4) is 0 Å². The van der Waals surface area contributed by atoms with Crippen molar-refractivity contribution in [1.82, 2.24) is 0 Å². The number of aromatic carboxylic acids is 1. The van der Waals surface area contributed by atoms with Crippen LogP contribution in [0.5, 0.6) is 11.5 Å². The number of carboxylic acid groups (broad SMARTS) is 1. The van der Waals surface area contributed by atoms with Gasteiger partial charge in [0.25, 0.3) is 0 Å². The molecule has 0 atom stereocenters. The van der Waals surface area contributed by atoms with E-state index in [9.17, 15) is 4.79 Å². The van der Waals surface area contributed by atoms with E-state index in [1.165, 1.54) is 36.0 Å². The molecule has 0 amide bonds. The minimum atomic E-state index is -1.98. The van der Waals surface area contributed by atoms with E-state index in [2.05, 4.69) is 91.0 Å². The van der Waals surface area contributed by atoms with E-state index in [0.717, 1.165) is 0 Å². The van der Waals surface area contributed by atoms with Crippen molar-refractivity contribution in [1.29, 1.82) is 0 Å². The first kappa shape index (κ1) is 22.4. The molecular formula is C26H23O4Sn. The summed E-state index contributed by atoms with van der Waals surface area (Å²) in [5.41, 5.74) is -0.158. The van der Waals surface area contributed by atoms with Crippen molar-refractivity contribution in [2.24, 2.45) is 0 Å². The van der Waals surface area contributed by atoms with Crippen LogP contribution in [-0.4, -0.2) is 43.1 Å². The van der Waals surface area contributed by atoms with Crippen LogP contribution in [-0.2, 0) is 0 Å². The summed E-state index contributed by atoms with van der Waals surface area (Å²) in [6, 6.07) is 37.0. The fourth-order valence-electron chi connectivity index (χ4n) is 3.13. The van der Waals surface area contributed by atoms with Gasteiger partial charge >= 0.3 is 127 Å². The first-order valence-electron chi connectivity index (χ1n) is 9.73. The van der Waals surface area contributed by atoms with E-state index < -0.39 is 25.7 Å². The van der Waals surface area contributed by atoms with E-state index in [1.807, 2.05) is 0 Å². The molecule has 0 spiro atoms. The van der Waals surface area contributed by atoms with Crippen LogP contribution < -0.4 is 15.5 Å². The number of ether oxygens (including phenoxy) is 1. The number of benzene rings is 4. The fraction of sp³-hybridized carbons (Fsp3) is 0.0385. The Kier molecular flexibility index (Phi) is 8.12. The molecule has 0 bridgehead atoms. The molecule has 0 aliphatic carbocycles. The standard InChI is InChI=1S/C8H8O4.3C6H5.Sn/c1-12-5-2-3-7(9)6(4-5)8(10)11;3*1-2-4-6-5-3-1;/h2-4,9H,1H3,(H,10,11);3*1-5H;. The van der Waals surface area contributed by atoms with Gasteiger partial charge in [-0.05, 0) is 18.2 Å². The molecule has 2 N–H and O–H groups in total. The summed E-state index contributed by atoms with van der Waals surface area (Å²) in [5.74, 6) is -1.03. The summed E-state index contributed by atoms with van der Waals surface area (Å²) in [7, 11) is 1.43. The van der Waals surface area contributed by atoms with Gasteiger partial charge in [-0.1, -0.05) is 0 Å². The van der Waals surface area contributed by atoms with E-state index in [0.29, 0.717) is 5.75 Å².